The van der Waals surface area contributed by atoms with E-state index in [0.717, 1.165) is 66.4 Å². The average molecular weight is 528 g/mol. The smallest absolute Gasteiger partial charge is 0.381 e. The van der Waals surface area contributed by atoms with Crippen molar-refractivity contribution in [2.24, 2.45) is 0 Å². The molecule has 2 amide bonds. The Balaban J connectivity index is 1.40. The fourth-order valence-electron chi connectivity index (χ4n) is 5.47. The quantitative estimate of drug-likeness (QED) is 0.599. The lowest BCUT2D eigenvalue weighted by molar-refractivity contribution is -0.142. The molecule has 1 saturated heterocycles. The van der Waals surface area contributed by atoms with Gasteiger partial charge in [0.1, 0.15) is 6.54 Å². The van der Waals surface area contributed by atoms with Gasteiger partial charge in [0, 0.05) is 25.1 Å². The molecular formula is C23H28F3N5O4S. The lowest BCUT2D eigenvalue weighted by Gasteiger charge is -2.33. The molecule has 196 valence electrons. The van der Waals surface area contributed by atoms with Crippen LogP contribution in [-0.4, -0.2) is 49.7 Å². The molecule has 0 bridgehead atoms. The Morgan fingerprint density at radius 2 is 1.75 bits per heavy atom. The molecule has 1 aromatic carbocycles. The molecular weight excluding hydrogens is 499 g/mol. The highest BCUT2D eigenvalue weighted by Crippen LogP contribution is 2.38. The van der Waals surface area contributed by atoms with Crippen LogP contribution in [0.5, 0.6) is 0 Å². The van der Waals surface area contributed by atoms with Crippen molar-refractivity contribution in [2.75, 3.05) is 22.8 Å². The molecule has 36 heavy (non-hydrogen) atoms. The number of rotatable bonds is 6. The molecule has 2 aromatic rings. The number of anilines is 2. The Kier molecular flexibility index (Phi) is 6.62. The van der Waals surface area contributed by atoms with Crippen LogP contribution < -0.4 is 14.3 Å². The summed E-state index contributed by atoms with van der Waals surface area (Å²) in [5.74, 6) is 0. The fraction of sp³-hybridized carbons (Fsp3) is 0.565. The second-order valence-electron chi connectivity index (χ2n) is 9.45. The van der Waals surface area contributed by atoms with Crippen molar-refractivity contribution >= 4 is 27.6 Å². The topological polar surface area (TPSA) is 106 Å². The van der Waals surface area contributed by atoms with Crippen molar-refractivity contribution in [2.45, 2.75) is 70.1 Å². The first kappa shape index (κ1) is 24.9. The third-order valence-corrected chi connectivity index (χ3v) is 8.40. The van der Waals surface area contributed by atoms with Crippen molar-refractivity contribution in [1.82, 2.24) is 14.5 Å². The number of nitrogens with zero attached hydrogens (tertiary/aromatic N) is 3. The first-order valence-electron chi connectivity index (χ1n) is 12.1. The van der Waals surface area contributed by atoms with Gasteiger partial charge in [0.05, 0.1) is 17.9 Å². The number of aryl methyl sites for hydroxylation is 2. The Bertz CT molecular complexity index is 1220. The SMILES string of the molecule is O=C(Nc1c2c(cc3c1CCC3)CCC2)NS(=O)(=O)N(c1cnn(CC(F)(F)F)c1)C1CCOCC1. The number of alkyl halides is 3. The van der Waals surface area contributed by atoms with Gasteiger partial charge in [-0.1, -0.05) is 6.07 Å². The van der Waals surface area contributed by atoms with Crippen molar-refractivity contribution in [3.8, 4) is 0 Å². The Morgan fingerprint density at radius 3 is 2.36 bits per heavy atom. The summed E-state index contributed by atoms with van der Waals surface area (Å²) in [6.45, 7) is -0.767. The number of carbonyl (C=O) groups excluding carboxylic acids is 1. The van der Waals surface area contributed by atoms with E-state index in [1.165, 1.54) is 11.1 Å². The Hall–Kier alpha value is -2.80. The van der Waals surface area contributed by atoms with E-state index in [4.69, 9.17) is 4.74 Å². The largest absolute Gasteiger partial charge is 0.408 e. The number of fused-ring (bicyclic) bond motifs is 2. The van der Waals surface area contributed by atoms with Gasteiger partial charge in [0.15, 0.2) is 0 Å². The minimum absolute atomic E-state index is 0.0482. The molecule has 3 aliphatic rings. The highest BCUT2D eigenvalue weighted by molar-refractivity contribution is 7.91. The van der Waals surface area contributed by atoms with E-state index in [1.807, 2.05) is 0 Å². The van der Waals surface area contributed by atoms with Gasteiger partial charge >= 0.3 is 22.4 Å². The first-order chi connectivity index (χ1) is 17.1. The summed E-state index contributed by atoms with van der Waals surface area (Å²) < 4.78 is 74.4. The van der Waals surface area contributed by atoms with Crippen LogP contribution in [0.15, 0.2) is 18.5 Å². The normalized spacial score (nSPS) is 18.1. The zero-order chi connectivity index (χ0) is 25.5. The van der Waals surface area contributed by atoms with Gasteiger partial charge in [-0.05, 0) is 73.6 Å². The zero-order valence-corrected chi connectivity index (χ0v) is 20.4. The van der Waals surface area contributed by atoms with Crippen LogP contribution in [-0.2, 0) is 47.2 Å². The minimum Gasteiger partial charge on any atom is -0.381 e. The summed E-state index contributed by atoms with van der Waals surface area (Å²) in [5, 5.41) is 6.48. The number of carbonyl (C=O) groups is 1. The number of hydrogen-bond acceptors (Lipinski definition) is 5. The molecule has 5 rings (SSSR count). The number of urea groups is 1. The summed E-state index contributed by atoms with van der Waals surface area (Å²) in [6.07, 6.45) is 3.67. The van der Waals surface area contributed by atoms with Crippen molar-refractivity contribution < 1.29 is 31.1 Å². The Labute approximate surface area is 207 Å². The molecule has 1 fully saturated rings. The maximum absolute atomic E-state index is 13.4. The molecule has 13 heteroatoms. The summed E-state index contributed by atoms with van der Waals surface area (Å²) in [7, 11) is -4.47. The Morgan fingerprint density at radius 1 is 1.11 bits per heavy atom. The molecule has 0 saturated carbocycles. The van der Waals surface area contributed by atoms with Crippen LogP contribution in [0.25, 0.3) is 0 Å². The van der Waals surface area contributed by atoms with Crippen LogP contribution in [0.1, 0.15) is 47.9 Å². The van der Waals surface area contributed by atoms with Crippen LogP contribution >= 0.6 is 0 Å². The number of halogens is 3. The predicted molar refractivity (Wildman–Crippen MR) is 126 cm³/mol. The van der Waals surface area contributed by atoms with Gasteiger partial charge in [0.2, 0.25) is 0 Å². The van der Waals surface area contributed by atoms with E-state index in [9.17, 15) is 26.4 Å². The number of nitrogens with one attached hydrogen (secondary N) is 2. The lowest BCUT2D eigenvalue weighted by atomic mass is 9.99. The number of benzene rings is 1. The van der Waals surface area contributed by atoms with Gasteiger partial charge in [0.25, 0.3) is 0 Å². The second-order valence-corrected chi connectivity index (χ2v) is 11.0. The van der Waals surface area contributed by atoms with E-state index in [2.05, 4.69) is 21.2 Å². The van der Waals surface area contributed by atoms with E-state index < -0.39 is 35.0 Å². The second kappa shape index (κ2) is 9.58. The van der Waals surface area contributed by atoms with E-state index in [-0.39, 0.29) is 5.69 Å². The molecule has 2 heterocycles. The van der Waals surface area contributed by atoms with Gasteiger partial charge < -0.3 is 10.1 Å². The molecule has 0 spiro atoms. The maximum Gasteiger partial charge on any atom is 0.408 e. The van der Waals surface area contributed by atoms with Gasteiger partial charge in [-0.25, -0.2) is 13.8 Å². The average Bonchev–Trinajstić information content (AvgIpc) is 3.54. The lowest BCUT2D eigenvalue weighted by Crippen LogP contribution is -2.51. The third-order valence-electron chi connectivity index (χ3n) is 6.93. The molecule has 9 nitrogen and oxygen atoms in total. The summed E-state index contributed by atoms with van der Waals surface area (Å²) >= 11 is 0. The first-order valence-corrected chi connectivity index (χ1v) is 13.5. The van der Waals surface area contributed by atoms with Crippen molar-refractivity contribution in [1.29, 1.82) is 0 Å². The number of hydrogen-bond donors (Lipinski definition) is 2. The standard InChI is InChI=1S/C23H28F3N5O4S/c24-23(25,26)14-30-13-18(12-27-30)31(17-7-9-35-10-8-17)36(33,34)29-22(32)28-21-19-5-1-3-15(19)11-16-4-2-6-20(16)21/h11-13,17H,1-10,14H2,(H2,28,29,32). The zero-order valence-electron chi connectivity index (χ0n) is 19.6. The van der Waals surface area contributed by atoms with Crippen LogP contribution in [0.4, 0.5) is 29.3 Å². The molecule has 2 aliphatic carbocycles. The minimum atomic E-state index is -4.51. The monoisotopic (exact) mass is 527 g/mol. The summed E-state index contributed by atoms with van der Waals surface area (Å²) in [5.41, 5.74) is 5.13. The van der Waals surface area contributed by atoms with Crippen LogP contribution in [0, 0.1) is 0 Å². The number of ether oxygens (including phenoxy) is 1. The van der Waals surface area contributed by atoms with E-state index >= 15 is 0 Å². The van der Waals surface area contributed by atoms with Crippen LogP contribution in [0.3, 0.4) is 0 Å². The van der Waals surface area contributed by atoms with E-state index in [1.54, 1.807) is 0 Å². The maximum atomic E-state index is 13.4. The molecule has 0 radical (unpaired) electrons. The van der Waals surface area contributed by atoms with E-state index in [0.29, 0.717) is 36.4 Å². The summed E-state index contributed by atoms with van der Waals surface area (Å²) in [4.78, 5) is 13.0. The fourth-order valence-corrected chi connectivity index (χ4v) is 6.83. The van der Waals surface area contributed by atoms with Crippen molar-refractivity contribution in [3.05, 3.63) is 40.7 Å². The molecule has 1 aromatic heterocycles. The predicted octanol–water partition coefficient (Wildman–Crippen LogP) is 3.47. The van der Waals surface area contributed by atoms with Crippen LogP contribution in [0.2, 0.25) is 0 Å². The number of aromatic nitrogens is 2. The molecule has 2 N–H and O–H groups in total. The van der Waals surface area contributed by atoms with Crippen molar-refractivity contribution in [3.63, 3.8) is 0 Å². The third kappa shape index (κ3) is 5.17. The number of amides is 2. The highest BCUT2D eigenvalue weighted by atomic mass is 32.2. The molecule has 0 atom stereocenters. The van der Waals surface area contributed by atoms with Gasteiger partial charge in [-0.3, -0.25) is 4.68 Å². The van der Waals surface area contributed by atoms with Gasteiger partial charge in [-0.15, -0.1) is 0 Å². The molecule has 0 unspecified atom stereocenters. The highest BCUT2D eigenvalue weighted by Gasteiger charge is 2.36. The summed E-state index contributed by atoms with van der Waals surface area (Å²) in [6, 6.07) is 0.706. The molecule has 1 aliphatic heterocycles. The van der Waals surface area contributed by atoms with Gasteiger partial charge in [-0.2, -0.15) is 26.7 Å².